The average Bonchev–Trinajstić information content (AvgIpc) is 3.20. The Balaban J connectivity index is 2.14. The van der Waals surface area contributed by atoms with Crippen LogP contribution in [0.1, 0.15) is 62.7 Å². The van der Waals surface area contributed by atoms with Crippen molar-refractivity contribution < 1.29 is 19.1 Å². The van der Waals surface area contributed by atoms with E-state index in [1.54, 1.807) is 28.1 Å². The molecule has 1 aliphatic rings. The van der Waals surface area contributed by atoms with Crippen LogP contribution in [0.4, 0.5) is 23.0 Å². The molecule has 13 heteroatoms. The fourth-order valence-corrected chi connectivity index (χ4v) is 4.17. The molecule has 2 amide bonds. The number of hydrogen-bond acceptors (Lipinski definition) is 12. The molecule has 0 spiro atoms. The molecule has 0 fully saturated rings. The summed E-state index contributed by atoms with van der Waals surface area (Å²) in [4.78, 5) is 31.2. The normalized spacial score (nSPS) is 12.3. The van der Waals surface area contributed by atoms with E-state index in [-0.39, 0.29) is 45.7 Å². The van der Waals surface area contributed by atoms with Gasteiger partial charge >= 0.3 is 0 Å². The van der Waals surface area contributed by atoms with E-state index >= 15 is 0 Å². The van der Waals surface area contributed by atoms with Crippen molar-refractivity contribution in [2.45, 2.75) is 26.7 Å². The van der Waals surface area contributed by atoms with E-state index in [0.717, 1.165) is 4.90 Å². The van der Waals surface area contributed by atoms with Crippen molar-refractivity contribution in [1.29, 1.82) is 15.8 Å². The number of fused-ring (bicyclic) bond motifs is 1. The number of nitrogens with zero attached hydrogens (tertiary/aromatic N) is 7. The van der Waals surface area contributed by atoms with Gasteiger partial charge in [-0.1, -0.05) is 0 Å². The minimum absolute atomic E-state index is 0.0205. The summed E-state index contributed by atoms with van der Waals surface area (Å²) in [5.41, 5.74) is 0.362. The Labute approximate surface area is 232 Å². The van der Waals surface area contributed by atoms with Crippen molar-refractivity contribution in [2.75, 3.05) is 57.7 Å². The molecule has 0 saturated heterocycles. The van der Waals surface area contributed by atoms with Gasteiger partial charge in [0.15, 0.2) is 5.82 Å². The third-order valence-corrected chi connectivity index (χ3v) is 6.20. The molecule has 2 N–H and O–H groups in total. The van der Waals surface area contributed by atoms with Gasteiger partial charge in [0.25, 0.3) is 11.8 Å². The van der Waals surface area contributed by atoms with Gasteiger partial charge in [-0.25, -0.2) is 4.98 Å². The van der Waals surface area contributed by atoms with Crippen LogP contribution in [0.2, 0.25) is 0 Å². The highest BCUT2D eigenvalue weighted by Gasteiger charge is 2.39. The molecule has 0 atom stereocenters. The summed E-state index contributed by atoms with van der Waals surface area (Å²) in [5, 5.41) is 44.5. The van der Waals surface area contributed by atoms with E-state index in [2.05, 4.69) is 31.9 Å². The van der Waals surface area contributed by atoms with Crippen LogP contribution < -0.4 is 10.6 Å². The molecule has 0 bridgehead atoms. The Bertz CT molecular complexity index is 1460. The smallest absolute Gasteiger partial charge is 0.262 e. The zero-order valence-corrected chi connectivity index (χ0v) is 22.8. The second-order valence-corrected chi connectivity index (χ2v) is 8.66. The lowest BCUT2D eigenvalue weighted by Crippen LogP contribution is -2.29. The summed E-state index contributed by atoms with van der Waals surface area (Å²) in [6.45, 7) is 5.49. The summed E-state index contributed by atoms with van der Waals surface area (Å²) < 4.78 is 10.2. The molecule has 0 unspecified atom stereocenters. The molecule has 40 heavy (non-hydrogen) atoms. The van der Waals surface area contributed by atoms with Gasteiger partial charge in [-0.2, -0.15) is 15.8 Å². The van der Waals surface area contributed by atoms with Gasteiger partial charge < -0.3 is 20.1 Å². The van der Waals surface area contributed by atoms with E-state index < -0.39 is 11.8 Å². The molecule has 1 aromatic carbocycles. The van der Waals surface area contributed by atoms with Crippen molar-refractivity contribution in [3.8, 4) is 18.2 Å². The molecular formula is C27H29N9O4. The van der Waals surface area contributed by atoms with Crippen LogP contribution in [-0.4, -0.2) is 68.8 Å². The SMILES string of the molecule is CCN1C(=O)c2cc(C#N)c(N=Nc3c(NCCCOC)nc(NCCCOC)c(C#N)c3C)c(C#N)c2C1=O. The minimum atomic E-state index is -0.631. The van der Waals surface area contributed by atoms with Gasteiger partial charge in [0, 0.05) is 52.6 Å². The Morgan fingerprint density at radius 3 is 2.05 bits per heavy atom. The number of ether oxygens (including phenoxy) is 2. The number of azo groups is 1. The number of anilines is 2. The van der Waals surface area contributed by atoms with Gasteiger partial charge in [-0.05, 0) is 32.8 Å². The monoisotopic (exact) mass is 543 g/mol. The van der Waals surface area contributed by atoms with Crippen molar-refractivity contribution in [3.63, 3.8) is 0 Å². The lowest BCUT2D eigenvalue weighted by Gasteiger charge is -2.15. The summed E-state index contributed by atoms with van der Waals surface area (Å²) in [5.74, 6) is -0.518. The maximum absolute atomic E-state index is 12.9. The van der Waals surface area contributed by atoms with Crippen LogP contribution in [-0.2, 0) is 9.47 Å². The van der Waals surface area contributed by atoms with Crippen LogP contribution in [0.25, 0.3) is 0 Å². The Hall–Kier alpha value is -4.90. The quantitative estimate of drug-likeness (QED) is 0.213. The molecule has 1 aliphatic heterocycles. The number of nitrogens with one attached hydrogen (secondary N) is 2. The first-order valence-electron chi connectivity index (χ1n) is 12.6. The highest BCUT2D eigenvalue weighted by Crippen LogP contribution is 2.38. The van der Waals surface area contributed by atoms with E-state index in [1.807, 2.05) is 12.1 Å². The second kappa shape index (κ2) is 13.8. The van der Waals surface area contributed by atoms with Crippen molar-refractivity contribution in [3.05, 3.63) is 39.4 Å². The number of aromatic nitrogens is 1. The standard InChI is InChI=1S/C27H29N9O4/c1-5-36-26(37)18-12-17(13-28)23(20(15-30)21(18)27(36)38)35-34-22-16(2)19(14-29)24(31-8-6-10-39-3)33-25(22)32-9-7-11-40-4/h12H,5-11H2,1-4H3,(H2,31,32,33). The lowest BCUT2D eigenvalue weighted by molar-refractivity contribution is 0.0662. The second-order valence-electron chi connectivity index (χ2n) is 8.66. The molecule has 0 aliphatic carbocycles. The zero-order chi connectivity index (χ0) is 29.2. The third kappa shape index (κ3) is 5.89. The molecule has 0 radical (unpaired) electrons. The predicted molar refractivity (Wildman–Crippen MR) is 145 cm³/mol. The van der Waals surface area contributed by atoms with E-state index in [0.29, 0.717) is 56.3 Å². The number of nitriles is 3. The van der Waals surface area contributed by atoms with Crippen LogP contribution in [0.5, 0.6) is 0 Å². The fourth-order valence-electron chi connectivity index (χ4n) is 4.17. The van der Waals surface area contributed by atoms with Gasteiger partial charge in [0.05, 0.1) is 27.8 Å². The maximum Gasteiger partial charge on any atom is 0.262 e. The molecular weight excluding hydrogens is 514 g/mol. The number of imide groups is 1. The van der Waals surface area contributed by atoms with Gasteiger partial charge in [-0.3, -0.25) is 14.5 Å². The number of hydrogen-bond donors (Lipinski definition) is 2. The number of pyridine rings is 1. The summed E-state index contributed by atoms with van der Waals surface area (Å²) in [6, 6.07) is 7.27. The van der Waals surface area contributed by atoms with Crippen LogP contribution in [0, 0.1) is 40.9 Å². The predicted octanol–water partition coefficient (Wildman–Crippen LogP) is 3.93. The van der Waals surface area contributed by atoms with E-state index in [4.69, 9.17) is 9.47 Å². The summed E-state index contributed by atoms with van der Waals surface area (Å²) in [7, 11) is 3.20. The fraction of sp³-hybridized carbons (Fsp3) is 0.407. The highest BCUT2D eigenvalue weighted by atomic mass is 16.5. The topological polar surface area (TPSA) is 189 Å². The van der Waals surface area contributed by atoms with Crippen molar-refractivity contribution in [2.24, 2.45) is 10.2 Å². The van der Waals surface area contributed by atoms with Crippen LogP contribution in [0.3, 0.4) is 0 Å². The minimum Gasteiger partial charge on any atom is -0.385 e. The molecule has 13 nitrogen and oxygen atoms in total. The molecule has 206 valence electrons. The van der Waals surface area contributed by atoms with E-state index in [1.165, 1.54) is 6.07 Å². The molecule has 1 aromatic heterocycles. The van der Waals surface area contributed by atoms with Crippen LogP contribution >= 0.6 is 0 Å². The molecule has 2 heterocycles. The van der Waals surface area contributed by atoms with Crippen LogP contribution in [0.15, 0.2) is 16.3 Å². The van der Waals surface area contributed by atoms with Gasteiger partial charge in [0.2, 0.25) is 0 Å². The number of benzene rings is 1. The number of carbonyl (C=O) groups excluding carboxylic acids is 2. The molecule has 2 aromatic rings. The summed E-state index contributed by atoms with van der Waals surface area (Å²) >= 11 is 0. The average molecular weight is 544 g/mol. The third-order valence-electron chi connectivity index (χ3n) is 6.20. The number of amides is 2. The van der Waals surface area contributed by atoms with Gasteiger partial charge in [0.1, 0.15) is 35.4 Å². The number of carbonyl (C=O) groups is 2. The first-order chi connectivity index (χ1) is 19.4. The molecule has 3 rings (SSSR count). The Morgan fingerprint density at radius 2 is 1.50 bits per heavy atom. The Kier molecular flexibility index (Phi) is 10.2. The number of methoxy groups -OCH3 is 2. The molecule has 0 saturated carbocycles. The first-order valence-corrected chi connectivity index (χ1v) is 12.6. The number of rotatable bonds is 13. The maximum atomic E-state index is 12.9. The van der Waals surface area contributed by atoms with Crippen molar-refractivity contribution in [1.82, 2.24) is 9.88 Å². The Morgan fingerprint density at radius 1 is 0.900 bits per heavy atom. The largest absolute Gasteiger partial charge is 0.385 e. The summed E-state index contributed by atoms with van der Waals surface area (Å²) in [6.07, 6.45) is 1.36. The van der Waals surface area contributed by atoms with Crippen molar-refractivity contribution >= 4 is 34.8 Å². The zero-order valence-electron chi connectivity index (χ0n) is 22.8. The van der Waals surface area contributed by atoms with Gasteiger partial charge in [-0.15, -0.1) is 10.2 Å². The van der Waals surface area contributed by atoms with E-state index in [9.17, 15) is 25.4 Å². The highest BCUT2D eigenvalue weighted by molar-refractivity contribution is 6.23. The first kappa shape index (κ1) is 29.7. The lowest BCUT2D eigenvalue weighted by atomic mass is 9.97.